The average Bonchev–Trinajstić information content (AvgIpc) is 3.35. The molecule has 1 saturated heterocycles. The van der Waals surface area contributed by atoms with Gasteiger partial charge in [-0.3, -0.25) is 19.5 Å². The van der Waals surface area contributed by atoms with E-state index in [0.717, 1.165) is 31.9 Å². The predicted molar refractivity (Wildman–Crippen MR) is 175 cm³/mol. The zero-order chi connectivity index (χ0) is 31.7. The lowest BCUT2D eigenvalue weighted by Crippen LogP contribution is -2.44. The number of hydrogen-bond acceptors (Lipinski definition) is 9. The molecule has 0 radical (unpaired) electrons. The fraction of sp³-hybridized carbons (Fsp3) is 0.242. The van der Waals surface area contributed by atoms with Crippen molar-refractivity contribution in [1.29, 1.82) is 0 Å². The maximum absolute atomic E-state index is 14.3. The van der Waals surface area contributed by atoms with E-state index in [2.05, 4.69) is 16.8 Å². The van der Waals surface area contributed by atoms with Crippen LogP contribution < -0.4 is 19.8 Å². The van der Waals surface area contributed by atoms with Crippen LogP contribution in [-0.2, 0) is 9.53 Å². The van der Waals surface area contributed by atoms with Crippen LogP contribution >= 0.6 is 22.9 Å². The van der Waals surface area contributed by atoms with Gasteiger partial charge in [-0.2, -0.15) is 0 Å². The van der Waals surface area contributed by atoms with E-state index < -0.39 is 16.9 Å². The number of nitro benzene ring substituents is 1. The van der Waals surface area contributed by atoms with Gasteiger partial charge >= 0.3 is 5.97 Å². The van der Waals surface area contributed by atoms with Crippen LogP contribution in [0.25, 0.3) is 11.8 Å². The highest BCUT2D eigenvalue weighted by molar-refractivity contribution is 7.07. The topological polar surface area (TPSA) is 110 Å². The summed E-state index contributed by atoms with van der Waals surface area (Å²) in [5, 5.41) is 12.3. The van der Waals surface area contributed by atoms with Gasteiger partial charge in [-0.25, -0.2) is 9.79 Å². The number of thiazole rings is 1. The normalized spacial score (nSPS) is 17.2. The molecule has 45 heavy (non-hydrogen) atoms. The van der Waals surface area contributed by atoms with Crippen molar-refractivity contribution in [2.75, 3.05) is 44.7 Å². The minimum absolute atomic E-state index is 0.0677. The first-order valence-corrected chi connectivity index (χ1v) is 15.7. The number of halogens is 1. The summed E-state index contributed by atoms with van der Waals surface area (Å²) in [7, 11) is 2.06. The van der Waals surface area contributed by atoms with Gasteiger partial charge in [0.15, 0.2) is 4.80 Å². The van der Waals surface area contributed by atoms with E-state index in [9.17, 15) is 19.7 Å². The Morgan fingerprint density at radius 3 is 2.47 bits per heavy atom. The van der Waals surface area contributed by atoms with Crippen molar-refractivity contribution in [1.82, 2.24) is 9.47 Å². The van der Waals surface area contributed by atoms with Crippen LogP contribution in [0.2, 0.25) is 5.02 Å². The van der Waals surface area contributed by atoms with E-state index >= 15 is 0 Å². The molecule has 4 aromatic rings. The SMILES string of the molecule is CCOC(=O)C1=C(c2ccccc2)N=c2s/c(=C/c3cc([N+](=O)[O-])ccc3N3CCN(C)CC3)c(=O)n2[C@@H]1c1ccc(Cl)cc1. The van der Waals surface area contributed by atoms with E-state index in [1.165, 1.54) is 28.0 Å². The standard InChI is InChI=1S/C33H30ClN5O5S/c1-3-44-32(41)28-29(21-7-5-4-6-8-21)35-33-38(30(28)22-9-11-24(34)12-10-22)31(40)27(45-33)20-23-19-25(39(42)43)13-14-26(23)37-17-15-36(2)16-18-37/h4-14,19-20,30H,3,15-18H2,1-2H3/b27-20+/t30-/m1/s1. The van der Waals surface area contributed by atoms with E-state index in [-0.39, 0.29) is 23.4 Å². The van der Waals surface area contributed by atoms with E-state index in [1.54, 1.807) is 43.3 Å². The van der Waals surface area contributed by atoms with Crippen molar-refractivity contribution in [2.24, 2.45) is 4.99 Å². The molecular weight excluding hydrogens is 614 g/mol. The number of non-ortho nitro benzene ring substituents is 1. The van der Waals surface area contributed by atoms with Gasteiger partial charge in [0.1, 0.15) is 0 Å². The molecule has 230 valence electrons. The highest BCUT2D eigenvalue weighted by atomic mass is 35.5. The summed E-state index contributed by atoms with van der Waals surface area (Å²) in [4.78, 5) is 48.9. The highest BCUT2D eigenvalue weighted by Crippen LogP contribution is 2.35. The lowest BCUT2D eigenvalue weighted by molar-refractivity contribution is -0.384. The number of benzene rings is 3. The summed E-state index contributed by atoms with van der Waals surface area (Å²) in [6, 6.07) is 20.2. The van der Waals surface area contributed by atoms with Gasteiger partial charge in [-0.1, -0.05) is 65.4 Å². The minimum Gasteiger partial charge on any atom is -0.463 e. The number of piperazine rings is 1. The molecule has 2 aliphatic heterocycles. The Kier molecular flexibility index (Phi) is 8.66. The van der Waals surface area contributed by atoms with Crippen molar-refractivity contribution in [3.63, 3.8) is 0 Å². The largest absolute Gasteiger partial charge is 0.463 e. The maximum Gasteiger partial charge on any atom is 0.338 e. The smallest absolute Gasteiger partial charge is 0.338 e. The third-order valence-corrected chi connectivity index (χ3v) is 9.15. The van der Waals surface area contributed by atoms with Crippen LogP contribution in [0.15, 0.2) is 88.2 Å². The van der Waals surface area contributed by atoms with Crippen molar-refractivity contribution in [3.8, 4) is 0 Å². The fourth-order valence-electron chi connectivity index (χ4n) is 5.65. The van der Waals surface area contributed by atoms with Crippen molar-refractivity contribution in [3.05, 3.63) is 130 Å². The molecule has 3 heterocycles. The van der Waals surface area contributed by atoms with Crippen LogP contribution in [0.4, 0.5) is 11.4 Å². The quantitative estimate of drug-likeness (QED) is 0.168. The Hall–Kier alpha value is -4.58. The van der Waals surface area contributed by atoms with Crippen LogP contribution in [-0.4, -0.2) is 60.2 Å². The van der Waals surface area contributed by atoms with Gasteiger partial charge in [0, 0.05) is 60.1 Å². The zero-order valence-electron chi connectivity index (χ0n) is 24.7. The molecule has 0 unspecified atom stereocenters. The number of carbonyl (C=O) groups excluding carboxylic acids is 1. The Balaban J connectivity index is 1.60. The number of ether oxygens (including phenoxy) is 1. The molecule has 0 N–H and O–H groups in total. The number of carbonyl (C=O) groups is 1. The first kappa shape index (κ1) is 30.4. The number of esters is 1. The van der Waals surface area contributed by atoms with Crippen LogP contribution in [0.3, 0.4) is 0 Å². The summed E-state index contributed by atoms with van der Waals surface area (Å²) in [5.41, 5.74) is 2.94. The summed E-state index contributed by atoms with van der Waals surface area (Å²) >= 11 is 7.40. The summed E-state index contributed by atoms with van der Waals surface area (Å²) < 4.78 is 7.36. The summed E-state index contributed by atoms with van der Waals surface area (Å²) in [6.07, 6.45) is 1.69. The first-order valence-electron chi connectivity index (χ1n) is 14.5. The number of likely N-dealkylation sites (N-methyl/N-ethyl adjacent to an activating group) is 1. The average molecular weight is 644 g/mol. The minimum atomic E-state index is -0.850. The van der Waals surface area contributed by atoms with E-state index in [0.29, 0.717) is 36.7 Å². The van der Waals surface area contributed by atoms with Gasteiger partial charge in [0.25, 0.3) is 11.2 Å². The van der Waals surface area contributed by atoms with Crippen molar-refractivity contribution in [2.45, 2.75) is 13.0 Å². The van der Waals surface area contributed by atoms with Gasteiger partial charge < -0.3 is 14.5 Å². The van der Waals surface area contributed by atoms with Crippen LogP contribution in [0, 0.1) is 10.1 Å². The second-order valence-electron chi connectivity index (χ2n) is 10.8. The molecule has 12 heteroatoms. The third kappa shape index (κ3) is 6.06. The summed E-state index contributed by atoms with van der Waals surface area (Å²) in [6.45, 7) is 5.05. The molecule has 0 amide bonds. The Bertz CT molecular complexity index is 1980. The van der Waals surface area contributed by atoms with Gasteiger partial charge in [0.2, 0.25) is 0 Å². The Morgan fingerprint density at radius 2 is 1.80 bits per heavy atom. The second-order valence-corrected chi connectivity index (χ2v) is 12.2. The number of rotatable bonds is 7. The highest BCUT2D eigenvalue weighted by Gasteiger charge is 2.35. The van der Waals surface area contributed by atoms with Crippen molar-refractivity contribution < 1.29 is 14.5 Å². The van der Waals surface area contributed by atoms with Gasteiger partial charge in [-0.15, -0.1) is 0 Å². The fourth-order valence-corrected chi connectivity index (χ4v) is 6.77. The second kappa shape index (κ2) is 12.8. The number of aromatic nitrogens is 1. The first-order chi connectivity index (χ1) is 21.7. The summed E-state index contributed by atoms with van der Waals surface area (Å²) in [5.74, 6) is -0.578. The number of fused-ring (bicyclic) bond motifs is 1. The van der Waals surface area contributed by atoms with Gasteiger partial charge in [-0.05, 0) is 43.8 Å². The molecule has 1 fully saturated rings. The van der Waals surface area contributed by atoms with E-state index in [4.69, 9.17) is 21.3 Å². The van der Waals surface area contributed by atoms with Crippen LogP contribution in [0.1, 0.15) is 29.7 Å². The van der Waals surface area contributed by atoms with Crippen molar-refractivity contribution >= 4 is 52.1 Å². The number of nitro groups is 1. The van der Waals surface area contributed by atoms with Gasteiger partial charge in [0.05, 0.1) is 33.4 Å². The molecule has 6 rings (SSSR count). The molecule has 0 saturated carbocycles. The molecule has 2 aliphatic rings. The molecular formula is C33H30ClN5O5S. The molecule has 0 spiro atoms. The molecule has 0 aliphatic carbocycles. The molecule has 0 bridgehead atoms. The molecule has 1 aromatic heterocycles. The van der Waals surface area contributed by atoms with E-state index in [1.807, 2.05) is 30.3 Å². The Labute approximate surface area is 267 Å². The predicted octanol–water partition coefficient (Wildman–Crippen LogP) is 4.25. The third-order valence-electron chi connectivity index (χ3n) is 7.91. The molecule has 10 nitrogen and oxygen atoms in total. The number of anilines is 1. The monoisotopic (exact) mass is 643 g/mol. The number of nitrogens with zero attached hydrogens (tertiary/aromatic N) is 5. The van der Waals surface area contributed by atoms with Crippen LogP contribution in [0.5, 0.6) is 0 Å². The lowest BCUT2D eigenvalue weighted by Gasteiger charge is -2.34. The lowest BCUT2D eigenvalue weighted by atomic mass is 9.93. The number of hydrogen-bond donors (Lipinski definition) is 0. The zero-order valence-corrected chi connectivity index (χ0v) is 26.3. The molecule has 3 aromatic carbocycles. The Morgan fingerprint density at radius 1 is 1.09 bits per heavy atom. The molecule has 1 atom stereocenters. The maximum atomic E-state index is 14.3.